The van der Waals surface area contributed by atoms with E-state index in [2.05, 4.69) is 158 Å². The van der Waals surface area contributed by atoms with E-state index in [0.717, 1.165) is 0 Å². The van der Waals surface area contributed by atoms with Crippen LogP contribution in [0.5, 0.6) is 0 Å². The maximum Gasteiger partial charge on any atom is -0.00262 e. The van der Waals surface area contributed by atoms with Crippen molar-refractivity contribution < 1.29 is 0 Å². The Bertz CT molecular complexity index is 2090. The van der Waals surface area contributed by atoms with Crippen LogP contribution in [0.15, 0.2) is 158 Å². The van der Waals surface area contributed by atoms with Gasteiger partial charge in [-0.3, -0.25) is 0 Å². The van der Waals surface area contributed by atoms with E-state index in [9.17, 15) is 0 Å². The fraction of sp³-hybridized carbons (Fsp3) is 0. The molecule has 0 atom stereocenters. The van der Waals surface area contributed by atoms with Gasteiger partial charge in [-0.2, -0.15) is 0 Å². The predicted octanol–water partition coefficient (Wildman–Crippen LogP) is 11.3. The Morgan fingerprint density at radius 2 is 0.575 bits per heavy atom. The Morgan fingerprint density at radius 3 is 1.07 bits per heavy atom. The Labute approximate surface area is 233 Å². The van der Waals surface area contributed by atoms with Crippen molar-refractivity contribution in [1.29, 1.82) is 0 Å². The molecule has 0 saturated heterocycles. The van der Waals surface area contributed by atoms with Gasteiger partial charge in [-0.15, -0.1) is 0 Å². The van der Waals surface area contributed by atoms with Gasteiger partial charge in [0, 0.05) is 0 Å². The van der Waals surface area contributed by atoms with Crippen LogP contribution in [0, 0.1) is 0 Å². The minimum atomic E-state index is 1.24. The SMILES string of the molecule is c1ccc(-c2c3ccccc3c(-c3cccc(-c4c5ccccc5cc5ccccc45)c3)c3ccccc23)cc1. The molecule has 0 radical (unpaired) electrons. The summed E-state index contributed by atoms with van der Waals surface area (Å²) in [4.78, 5) is 0. The lowest BCUT2D eigenvalue weighted by molar-refractivity contribution is 1.64. The number of benzene rings is 8. The van der Waals surface area contributed by atoms with Gasteiger partial charge >= 0.3 is 0 Å². The first-order chi connectivity index (χ1) is 19.9. The summed E-state index contributed by atoms with van der Waals surface area (Å²) in [6, 6.07) is 57.5. The highest BCUT2D eigenvalue weighted by atomic mass is 14.2. The molecule has 0 aromatic heterocycles. The van der Waals surface area contributed by atoms with Gasteiger partial charge in [-0.05, 0) is 88.6 Å². The molecule has 0 amide bonds. The average molecular weight is 507 g/mol. The first-order valence-corrected chi connectivity index (χ1v) is 13.9. The van der Waals surface area contributed by atoms with Gasteiger partial charge in [-0.1, -0.05) is 146 Å². The highest BCUT2D eigenvalue weighted by molar-refractivity contribution is 6.22. The quantitative estimate of drug-likeness (QED) is 0.209. The summed E-state index contributed by atoms with van der Waals surface area (Å²) >= 11 is 0. The third-order valence-electron chi connectivity index (χ3n) is 8.21. The molecular weight excluding hydrogens is 480 g/mol. The van der Waals surface area contributed by atoms with Crippen molar-refractivity contribution >= 4 is 43.1 Å². The molecule has 0 fully saturated rings. The second-order valence-corrected chi connectivity index (χ2v) is 10.5. The van der Waals surface area contributed by atoms with Crippen molar-refractivity contribution in [1.82, 2.24) is 0 Å². The average Bonchev–Trinajstić information content (AvgIpc) is 3.03. The second kappa shape index (κ2) is 9.22. The van der Waals surface area contributed by atoms with Crippen LogP contribution < -0.4 is 0 Å². The molecule has 0 aliphatic carbocycles. The predicted molar refractivity (Wildman–Crippen MR) is 173 cm³/mol. The molecule has 8 aromatic carbocycles. The van der Waals surface area contributed by atoms with Gasteiger partial charge in [0.25, 0.3) is 0 Å². The van der Waals surface area contributed by atoms with Crippen molar-refractivity contribution in [2.75, 3.05) is 0 Å². The first kappa shape index (κ1) is 22.8. The Morgan fingerprint density at radius 1 is 0.225 bits per heavy atom. The molecule has 8 rings (SSSR count). The van der Waals surface area contributed by atoms with Crippen LogP contribution in [-0.4, -0.2) is 0 Å². The van der Waals surface area contributed by atoms with E-state index in [1.807, 2.05) is 0 Å². The van der Waals surface area contributed by atoms with Gasteiger partial charge in [-0.25, -0.2) is 0 Å². The number of hydrogen-bond acceptors (Lipinski definition) is 0. The van der Waals surface area contributed by atoms with Crippen molar-refractivity contribution in [3.63, 3.8) is 0 Å². The summed E-state index contributed by atoms with van der Waals surface area (Å²) in [5, 5.41) is 10.2. The fourth-order valence-corrected chi connectivity index (χ4v) is 6.51. The van der Waals surface area contributed by atoms with Crippen molar-refractivity contribution in [3.8, 4) is 33.4 Å². The van der Waals surface area contributed by atoms with Gasteiger partial charge in [0.05, 0.1) is 0 Å². The second-order valence-electron chi connectivity index (χ2n) is 10.5. The third kappa shape index (κ3) is 3.54. The normalized spacial score (nSPS) is 11.5. The zero-order valence-corrected chi connectivity index (χ0v) is 22.0. The lowest BCUT2D eigenvalue weighted by atomic mass is 9.85. The summed E-state index contributed by atoms with van der Waals surface area (Å²) in [6.45, 7) is 0. The van der Waals surface area contributed by atoms with Crippen LogP contribution in [0.1, 0.15) is 0 Å². The highest BCUT2D eigenvalue weighted by Crippen LogP contribution is 2.45. The molecule has 0 spiro atoms. The molecule has 186 valence electrons. The molecule has 0 N–H and O–H groups in total. The van der Waals surface area contributed by atoms with Gasteiger partial charge in [0.2, 0.25) is 0 Å². The van der Waals surface area contributed by atoms with E-state index in [1.165, 1.54) is 76.5 Å². The van der Waals surface area contributed by atoms with Crippen LogP contribution in [0.2, 0.25) is 0 Å². The summed E-state index contributed by atoms with van der Waals surface area (Å²) < 4.78 is 0. The fourth-order valence-electron chi connectivity index (χ4n) is 6.51. The molecular formula is C40H26. The lowest BCUT2D eigenvalue weighted by Gasteiger charge is -2.18. The highest BCUT2D eigenvalue weighted by Gasteiger charge is 2.17. The summed E-state index contributed by atoms with van der Waals surface area (Å²) in [7, 11) is 0. The van der Waals surface area contributed by atoms with Gasteiger partial charge < -0.3 is 0 Å². The molecule has 0 aliphatic heterocycles. The van der Waals surface area contributed by atoms with Crippen molar-refractivity contribution in [3.05, 3.63) is 158 Å². The summed E-state index contributed by atoms with van der Waals surface area (Å²) in [6.07, 6.45) is 0. The smallest absolute Gasteiger partial charge is 0.00262 e. The number of fused-ring (bicyclic) bond motifs is 4. The summed E-state index contributed by atoms with van der Waals surface area (Å²) in [5.74, 6) is 0. The van der Waals surface area contributed by atoms with E-state index in [0.29, 0.717) is 0 Å². The monoisotopic (exact) mass is 506 g/mol. The molecule has 0 saturated carbocycles. The Hall–Kier alpha value is -5.20. The molecule has 0 heteroatoms. The van der Waals surface area contributed by atoms with Crippen LogP contribution in [-0.2, 0) is 0 Å². The van der Waals surface area contributed by atoms with E-state index < -0.39 is 0 Å². The minimum Gasteiger partial charge on any atom is -0.0622 e. The molecule has 0 nitrogen and oxygen atoms in total. The van der Waals surface area contributed by atoms with Crippen LogP contribution >= 0.6 is 0 Å². The maximum absolute atomic E-state index is 2.39. The summed E-state index contributed by atoms with van der Waals surface area (Å²) in [5.41, 5.74) is 7.61. The van der Waals surface area contributed by atoms with E-state index in [-0.39, 0.29) is 0 Å². The topological polar surface area (TPSA) is 0 Å². The van der Waals surface area contributed by atoms with Crippen LogP contribution in [0.3, 0.4) is 0 Å². The molecule has 0 bridgehead atoms. The standard InChI is InChI=1S/C40H26/c1-2-13-27(14-3-1)38-34-21-8-10-23-36(34)40(37-24-11-9-22-35(37)38)31-18-12-17-30(26-31)39-32-19-6-4-15-28(32)25-29-16-5-7-20-33(29)39/h1-26H. The van der Waals surface area contributed by atoms with Gasteiger partial charge in [0.15, 0.2) is 0 Å². The lowest BCUT2D eigenvalue weighted by Crippen LogP contribution is -1.91. The van der Waals surface area contributed by atoms with E-state index in [1.54, 1.807) is 0 Å². The van der Waals surface area contributed by atoms with Crippen molar-refractivity contribution in [2.24, 2.45) is 0 Å². The van der Waals surface area contributed by atoms with Gasteiger partial charge in [0.1, 0.15) is 0 Å². The number of hydrogen-bond donors (Lipinski definition) is 0. The largest absolute Gasteiger partial charge is 0.0622 e. The van der Waals surface area contributed by atoms with E-state index >= 15 is 0 Å². The first-order valence-electron chi connectivity index (χ1n) is 13.9. The maximum atomic E-state index is 2.39. The van der Waals surface area contributed by atoms with Crippen LogP contribution in [0.25, 0.3) is 76.5 Å². The molecule has 8 aromatic rings. The van der Waals surface area contributed by atoms with Crippen LogP contribution in [0.4, 0.5) is 0 Å². The number of rotatable bonds is 3. The molecule has 0 unspecified atom stereocenters. The molecule has 0 heterocycles. The molecule has 40 heavy (non-hydrogen) atoms. The zero-order chi connectivity index (χ0) is 26.5. The minimum absolute atomic E-state index is 1.24. The third-order valence-corrected chi connectivity index (χ3v) is 8.21. The van der Waals surface area contributed by atoms with Crippen molar-refractivity contribution in [2.45, 2.75) is 0 Å². The van der Waals surface area contributed by atoms with E-state index in [4.69, 9.17) is 0 Å². The molecule has 0 aliphatic rings. The Balaban J connectivity index is 1.46. The zero-order valence-electron chi connectivity index (χ0n) is 22.0. The Kier molecular flexibility index (Phi) is 5.24.